The van der Waals surface area contributed by atoms with E-state index in [1.807, 2.05) is 0 Å². The van der Waals surface area contributed by atoms with Crippen LogP contribution >= 0.6 is 0 Å². The quantitative estimate of drug-likeness (QED) is 0.854. The Kier molecular flexibility index (Phi) is 3.36. The van der Waals surface area contributed by atoms with Gasteiger partial charge in [-0.25, -0.2) is 0 Å². The van der Waals surface area contributed by atoms with E-state index in [0.29, 0.717) is 18.5 Å². The van der Waals surface area contributed by atoms with Gasteiger partial charge < -0.3 is 9.52 Å². The predicted octanol–water partition coefficient (Wildman–Crippen LogP) is 1.96. The average Bonchev–Trinajstić information content (AvgIpc) is 2.89. The summed E-state index contributed by atoms with van der Waals surface area (Å²) in [6, 6.07) is 0.121. The third-order valence-corrected chi connectivity index (χ3v) is 3.38. The van der Waals surface area contributed by atoms with Gasteiger partial charge in [0, 0.05) is 6.42 Å². The van der Waals surface area contributed by atoms with Crippen molar-refractivity contribution in [1.82, 2.24) is 4.98 Å². The molecule has 1 fully saturated rings. The summed E-state index contributed by atoms with van der Waals surface area (Å²) >= 11 is 0. The molecule has 1 aromatic rings. The van der Waals surface area contributed by atoms with Gasteiger partial charge in [-0.2, -0.15) is 4.98 Å². The fourth-order valence-corrected chi connectivity index (χ4v) is 2.40. The van der Waals surface area contributed by atoms with Crippen LogP contribution in [0, 0.1) is 12.3 Å². The maximum absolute atomic E-state index is 11.8. The molecular weight excluding hydrogens is 236 g/mol. The first-order valence-corrected chi connectivity index (χ1v) is 5.97. The van der Waals surface area contributed by atoms with E-state index < -0.39 is 11.4 Å². The van der Waals surface area contributed by atoms with E-state index in [0.717, 1.165) is 12.8 Å². The highest BCUT2D eigenvalue weighted by molar-refractivity contribution is 5.92. The summed E-state index contributed by atoms with van der Waals surface area (Å²) < 4.78 is 5.00. The third-order valence-electron chi connectivity index (χ3n) is 3.38. The van der Waals surface area contributed by atoms with E-state index in [1.165, 1.54) is 6.26 Å². The summed E-state index contributed by atoms with van der Waals surface area (Å²) in [7, 11) is 0. The smallest absolute Gasteiger partial charge is 0.310 e. The third kappa shape index (κ3) is 2.52. The van der Waals surface area contributed by atoms with Gasteiger partial charge in [0.25, 0.3) is 0 Å². The Hall–Kier alpha value is -1.85. The van der Waals surface area contributed by atoms with Crippen LogP contribution in [0.5, 0.6) is 0 Å². The second-order valence-electron chi connectivity index (χ2n) is 4.81. The number of amides is 1. The Balaban J connectivity index is 1.99. The number of aliphatic carboxylic acids is 1. The fourth-order valence-electron chi connectivity index (χ4n) is 2.40. The van der Waals surface area contributed by atoms with Crippen molar-refractivity contribution in [2.45, 2.75) is 39.0 Å². The van der Waals surface area contributed by atoms with Gasteiger partial charge in [0.2, 0.25) is 5.91 Å². The summed E-state index contributed by atoms with van der Waals surface area (Å²) in [5.74, 6) is -1.25. The molecule has 1 aromatic heterocycles. The summed E-state index contributed by atoms with van der Waals surface area (Å²) in [4.78, 5) is 27.1. The monoisotopic (exact) mass is 252 g/mol. The summed E-state index contributed by atoms with van der Waals surface area (Å²) in [6.07, 6.45) is 4.23. The first kappa shape index (κ1) is 12.6. The molecule has 18 heavy (non-hydrogen) atoms. The normalized spacial score (nSPS) is 17.6. The molecule has 0 aliphatic heterocycles. The van der Waals surface area contributed by atoms with Crippen LogP contribution in [0.2, 0.25) is 0 Å². The zero-order chi connectivity index (χ0) is 13.2. The summed E-state index contributed by atoms with van der Waals surface area (Å²) in [6.45, 7) is 1.74. The van der Waals surface area contributed by atoms with E-state index in [2.05, 4.69) is 10.3 Å². The lowest BCUT2D eigenvalue weighted by molar-refractivity contribution is -0.150. The van der Waals surface area contributed by atoms with Gasteiger partial charge in [-0.3, -0.25) is 14.9 Å². The molecular formula is C12H16N2O4. The number of oxazole rings is 1. The van der Waals surface area contributed by atoms with Gasteiger partial charge in [0.15, 0.2) is 0 Å². The molecule has 1 aliphatic carbocycles. The van der Waals surface area contributed by atoms with Crippen LogP contribution in [0.25, 0.3) is 0 Å². The molecule has 1 heterocycles. The lowest BCUT2D eigenvalue weighted by Crippen LogP contribution is -2.32. The summed E-state index contributed by atoms with van der Waals surface area (Å²) in [5.41, 5.74) is -0.245. The highest BCUT2D eigenvalue weighted by atomic mass is 16.4. The van der Waals surface area contributed by atoms with Crippen molar-refractivity contribution in [1.29, 1.82) is 0 Å². The minimum atomic E-state index is -0.911. The fraction of sp³-hybridized carbons (Fsp3) is 0.583. The van der Waals surface area contributed by atoms with Crippen LogP contribution in [-0.4, -0.2) is 22.0 Å². The van der Waals surface area contributed by atoms with Crippen LogP contribution in [0.4, 0.5) is 6.01 Å². The number of anilines is 1. The number of nitrogens with one attached hydrogen (secondary N) is 1. The minimum Gasteiger partial charge on any atom is -0.481 e. The SMILES string of the molecule is Cc1coc(NC(=O)CC2(C(=O)O)CCCC2)n1. The number of hydrogen-bond donors (Lipinski definition) is 2. The van der Waals surface area contributed by atoms with Crippen molar-refractivity contribution in [2.24, 2.45) is 5.41 Å². The molecule has 1 amide bonds. The number of carboxylic acids is 1. The zero-order valence-corrected chi connectivity index (χ0v) is 10.2. The number of aromatic nitrogens is 1. The molecule has 6 heteroatoms. The Morgan fingerprint density at radius 1 is 1.50 bits per heavy atom. The molecule has 6 nitrogen and oxygen atoms in total. The second-order valence-corrected chi connectivity index (χ2v) is 4.81. The van der Waals surface area contributed by atoms with E-state index in [-0.39, 0.29) is 18.3 Å². The molecule has 2 rings (SSSR count). The van der Waals surface area contributed by atoms with Crippen LogP contribution in [0.3, 0.4) is 0 Å². The average molecular weight is 252 g/mol. The molecule has 98 valence electrons. The van der Waals surface area contributed by atoms with Crippen molar-refractivity contribution >= 4 is 17.9 Å². The standard InChI is InChI=1S/C12H16N2O4/c1-8-7-18-11(13-8)14-9(15)6-12(10(16)17)4-2-3-5-12/h7H,2-6H2,1H3,(H,16,17)(H,13,14,15). The largest absolute Gasteiger partial charge is 0.481 e. The zero-order valence-electron chi connectivity index (χ0n) is 10.2. The maximum atomic E-state index is 11.8. The molecule has 0 aromatic carbocycles. The van der Waals surface area contributed by atoms with Crippen molar-refractivity contribution in [3.05, 3.63) is 12.0 Å². The minimum absolute atomic E-state index is 0.0240. The lowest BCUT2D eigenvalue weighted by Gasteiger charge is -2.22. The Morgan fingerprint density at radius 3 is 2.67 bits per heavy atom. The van der Waals surface area contributed by atoms with E-state index >= 15 is 0 Å². The van der Waals surface area contributed by atoms with E-state index in [4.69, 9.17) is 4.42 Å². The molecule has 1 aliphatic rings. The van der Waals surface area contributed by atoms with Crippen molar-refractivity contribution in [3.8, 4) is 0 Å². The van der Waals surface area contributed by atoms with Gasteiger partial charge in [-0.1, -0.05) is 12.8 Å². The molecule has 0 saturated heterocycles. The van der Waals surface area contributed by atoms with Crippen molar-refractivity contribution < 1.29 is 19.1 Å². The molecule has 2 N–H and O–H groups in total. The van der Waals surface area contributed by atoms with Gasteiger partial charge in [-0.05, 0) is 19.8 Å². The first-order chi connectivity index (χ1) is 8.52. The van der Waals surface area contributed by atoms with Crippen LogP contribution in [-0.2, 0) is 9.59 Å². The highest BCUT2D eigenvalue weighted by Gasteiger charge is 2.43. The van der Waals surface area contributed by atoms with Gasteiger partial charge in [-0.15, -0.1) is 0 Å². The van der Waals surface area contributed by atoms with E-state index in [9.17, 15) is 14.7 Å². The summed E-state index contributed by atoms with van der Waals surface area (Å²) in [5, 5.41) is 11.8. The van der Waals surface area contributed by atoms with Crippen LogP contribution < -0.4 is 5.32 Å². The number of aryl methyl sites for hydroxylation is 1. The topological polar surface area (TPSA) is 92.4 Å². The number of carbonyl (C=O) groups excluding carboxylic acids is 1. The van der Waals surface area contributed by atoms with Gasteiger partial charge in [0.1, 0.15) is 6.26 Å². The Morgan fingerprint density at radius 2 is 2.17 bits per heavy atom. The molecule has 1 saturated carbocycles. The molecule has 0 bridgehead atoms. The molecule has 0 atom stereocenters. The predicted molar refractivity (Wildman–Crippen MR) is 63.0 cm³/mol. The maximum Gasteiger partial charge on any atom is 0.310 e. The lowest BCUT2D eigenvalue weighted by atomic mass is 9.82. The highest BCUT2D eigenvalue weighted by Crippen LogP contribution is 2.41. The van der Waals surface area contributed by atoms with Crippen LogP contribution in [0.15, 0.2) is 10.7 Å². The van der Waals surface area contributed by atoms with Crippen LogP contribution in [0.1, 0.15) is 37.8 Å². The molecule has 0 spiro atoms. The van der Waals surface area contributed by atoms with Gasteiger partial charge >= 0.3 is 12.0 Å². The van der Waals surface area contributed by atoms with E-state index in [1.54, 1.807) is 6.92 Å². The first-order valence-electron chi connectivity index (χ1n) is 5.97. The number of rotatable bonds is 4. The number of hydrogen-bond acceptors (Lipinski definition) is 4. The molecule has 0 radical (unpaired) electrons. The Labute approximate surface area is 104 Å². The number of carboxylic acid groups (broad SMARTS) is 1. The van der Waals surface area contributed by atoms with Gasteiger partial charge in [0.05, 0.1) is 11.1 Å². The second kappa shape index (κ2) is 4.80. The Bertz CT molecular complexity index is 460. The molecule has 0 unspecified atom stereocenters. The van der Waals surface area contributed by atoms with Crippen molar-refractivity contribution in [3.63, 3.8) is 0 Å². The number of nitrogens with zero attached hydrogens (tertiary/aromatic N) is 1. The van der Waals surface area contributed by atoms with Crippen molar-refractivity contribution in [2.75, 3.05) is 5.32 Å². The number of carbonyl (C=O) groups is 2.